The van der Waals surface area contributed by atoms with E-state index in [-0.39, 0.29) is 5.75 Å². The lowest BCUT2D eigenvalue weighted by atomic mass is 10.1. The molecule has 0 fully saturated rings. The summed E-state index contributed by atoms with van der Waals surface area (Å²) in [5.41, 5.74) is 0. The normalized spacial score (nSPS) is 13.3. The lowest BCUT2D eigenvalue weighted by Gasteiger charge is -2.13. The Morgan fingerprint density at radius 3 is 2.62 bits per heavy atom. The highest BCUT2D eigenvalue weighted by Gasteiger charge is 2.22. The molecule has 0 aromatic heterocycles. The summed E-state index contributed by atoms with van der Waals surface area (Å²) in [7, 11) is -3.52. The van der Waals surface area contributed by atoms with Crippen molar-refractivity contribution in [2.75, 3.05) is 5.75 Å². The van der Waals surface area contributed by atoms with E-state index in [0.717, 1.165) is 6.42 Å². The van der Waals surface area contributed by atoms with Gasteiger partial charge in [0.05, 0.1) is 5.75 Å². The quantitative estimate of drug-likeness (QED) is 0.600. The summed E-state index contributed by atoms with van der Waals surface area (Å²) in [6, 6.07) is -1.02. The molecular weight excluding hydrogens is 230 g/mol. The molecule has 2 N–H and O–H groups in total. The number of carbonyl (C=O) groups is 1. The molecule has 0 spiro atoms. The van der Waals surface area contributed by atoms with E-state index in [1.165, 1.54) is 6.08 Å². The highest BCUT2D eigenvalue weighted by molar-refractivity contribution is 7.89. The average Bonchev–Trinajstić information content (AvgIpc) is 2.21. The van der Waals surface area contributed by atoms with Crippen LogP contribution in [0.2, 0.25) is 0 Å². The van der Waals surface area contributed by atoms with Gasteiger partial charge in [0.15, 0.2) is 0 Å². The van der Waals surface area contributed by atoms with Crippen molar-refractivity contribution in [2.24, 2.45) is 0 Å². The van der Waals surface area contributed by atoms with E-state index in [2.05, 4.69) is 11.3 Å². The van der Waals surface area contributed by atoms with Crippen LogP contribution in [-0.2, 0) is 14.8 Å². The first-order valence-corrected chi connectivity index (χ1v) is 6.92. The predicted molar refractivity (Wildman–Crippen MR) is 62.7 cm³/mol. The Kier molecular flexibility index (Phi) is 7.00. The van der Waals surface area contributed by atoms with Crippen molar-refractivity contribution in [2.45, 2.75) is 38.6 Å². The number of hydrogen-bond donors (Lipinski definition) is 2. The van der Waals surface area contributed by atoms with E-state index in [1.807, 2.05) is 6.92 Å². The summed E-state index contributed by atoms with van der Waals surface area (Å²) in [4.78, 5) is 10.8. The Hall–Kier alpha value is -0.880. The van der Waals surface area contributed by atoms with Crippen LogP contribution in [0.1, 0.15) is 32.6 Å². The number of carboxylic acid groups (broad SMARTS) is 1. The fraction of sp³-hybridized carbons (Fsp3) is 0.700. The van der Waals surface area contributed by atoms with Gasteiger partial charge in [-0.2, -0.15) is 0 Å². The Balaban J connectivity index is 4.37. The summed E-state index contributed by atoms with van der Waals surface area (Å²) < 4.78 is 25.1. The van der Waals surface area contributed by atoms with Crippen LogP contribution in [0.25, 0.3) is 0 Å². The first-order chi connectivity index (χ1) is 7.43. The van der Waals surface area contributed by atoms with Crippen LogP contribution in [0.15, 0.2) is 12.7 Å². The average molecular weight is 249 g/mol. The minimum absolute atomic E-state index is 0.119. The molecule has 1 atom stereocenters. The summed E-state index contributed by atoms with van der Waals surface area (Å²) >= 11 is 0. The Bertz CT molecular complexity index is 324. The monoisotopic (exact) mass is 249 g/mol. The molecule has 0 bridgehead atoms. The van der Waals surface area contributed by atoms with Crippen LogP contribution in [0.4, 0.5) is 0 Å². The largest absolute Gasteiger partial charge is 0.480 e. The fourth-order valence-electron chi connectivity index (χ4n) is 1.16. The molecule has 6 heteroatoms. The van der Waals surface area contributed by atoms with Crippen molar-refractivity contribution in [1.29, 1.82) is 0 Å². The Labute approximate surface area is 96.6 Å². The summed E-state index contributed by atoms with van der Waals surface area (Å²) in [6.45, 7) is 5.34. The van der Waals surface area contributed by atoms with Gasteiger partial charge in [-0.15, -0.1) is 6.58 Å². The zero-order valence-corrected chi connectivity index (χ0v) is 10.3. The first-order valence-electron chi connectivity index (χ1n) is 5.26. The number of allylic oxidation sites excluding steroid dienone is 1. The molecule has 0 aliphatic carbocycles. The van der Waals surface area contributed by atoms with E-state index >= 15 is 0 Å². The molecule has 5 nitrogen and oxygen atoms in total. The summed E-state index contributed by atoms with van der Waals surface area (Å²) in [6.07, 6.45) is 3.63. The Morgan fingerprint density at radius 2 is 2.19 bits per heavy atom. The molecule has 0 saturated heterocycles. The van der Waals surface area contributed by atoms with Gasteiger partial charge in [0.1, 0.15) is 6.04 Å². The molecule has 94 valence electrons. The van der Waals surface area contributed by atoms with Crippen molar-refractivity contribution in [1.82, 2.24) is 4.72 Å². The van der Waals surface area contributed by atoms with Gasteiger partial charge in [0.25, 0.3) is 0 Å². The summed E-state index contributed by atoms with van der Waals surface area (Å²) in [5, 5.41) is 8.84. The van der Waals surface area contributed by atoms with E-state index in [9.17, 15) is 13.2 Å². The predicted octanol–water partition coefficient (Wildman–Crippen LogP) is 1.13. The molecule has 0 amide bonds. The van der Waals surface area contributed by atoms with Gasteiger partial charge in [0, 0.05) is 0 Å². The number of aliphatic carboxylic acids is 1. The molecule has 1 unspecified atom stereocenters. The lowest BCUT2D eigenvalue weighted by molar-refractivity contribution is -0.139. The number of sulfonamides is 1. The maximum absolute atomic E-state index is 11.4. The zero-order valence-electron chi connectivity index (χ0n) is 9.48. The van der Waals surface area contributed by atoms with Crippen LogP contribution >= 0.6 is 0 Å². The van der Waals surface area contributed by atoms with E-state index in [0.29, 0.717) is 19.3 Å². The smallest absolute Gasteiger partial charge is 0.321 e. The minimum atomic E-state index is -3.52. The van der Waals surface area contributed by atoms with E-state index < -0.39 is 22.0 Å². The minimum Gasteiger partial charge on any atom is -0.480 e. The standard InChI is InChI=1S/C10H19NO4S/c1-3-5-7-9(10(12)13)11-16(14,15)8-6-4-2/h4,9,11H,2-3,5-8H2,1H3,(H,12,13). The van der Waals surface area contributed by atoms with Crippen LogP contribution in [-0.4, -0.2) is 31.3 Å². The SMILES string of the molecule is C=CCCS(=O)(=O)NC(CCCC)C(=O)O. The van der Waals surface area contributed by atoms with Crippen LogP contribution in [0.5, 0.6) is 0 Å². The molecule has 0 aromatic rings. The molecule has 0 aliphatic heterocycles. The van der Waals surface area contributed by atoms with Crippen molar-refractivity contribution in [3.63, 3.8) is 0 Å². The molecule has 0 aromatic carbocycles. The maximum atomic E-state index is 11.4. The second-order valence-electron chi connectivity index (χ2n) is 3.55. The number of rotatable bonds is 9. The number of nitrogens with one attached hydrogen (secondary N) is 1. The first kappa shape index (κ1) is 15.1. The van der Waals surface area contributed by atoms with Crippen molar-refractivity contribution in [3.05, 3.63) is 12.7 Å². The number of carboxylic acids is 1. The van der Waals surface area contributed by atoms with E-state index in [4.69, 9.17) is 5.11 Å². The van der Waals surface area contributed by atoms with Crippen molar-refractivity contribution >= 4 is 16.0 Å². The molecular formula is C10H19NO4S. The van der Waals surface area contributed by atoms with Gasteiger partial charge in [-0.3, -0.25) is 4.79 Å². The molecule has 0 aliphatic rings. The van der Waals surface area contributed by atoms with Gasteiger partial charge in [0.2, 0.25) is 10.0 Å². The third-order valence-corrected chi connectivity index (χ3v) is 3.47. The number of unbranched alkanes of at least 4 members (excludes halogenated alkanes) is 1. The molecule has 0 saturated carbocycles. The molecule has 0 heterocycles. The highest BCUT2D eigenvalue weighted by Crippen LogP contribution is 2.03. The lowest BCUT2D eigenvalue weighted by Crippen LogP contribution is -2.41. The van der Waals surface area contributed by atoms with Gasteiger partial charge in [-0.25, -0.2) is 13.1 Å². The number of hydrogen-bond acceptors (Lipinski definition) is 3. The van der Waals surface area contributed by atoms with Gasteiger partial charge >= 0.3 is 5.97 Å². The van der Waals surface area contributed by atoms with Crippen molar-refractivity contribution < 1.29 is 18.3 Å². The van der Waals surface area contributed by atoms with Crippen LogP contribution < -0.4 is 4.72 Å². The van der Waals surface area contributed by atoms with Gasteiger partial charge in [-0.05, 0) is 12.8 Å². The topological polar surface area (TPSA) is 83.5 Å². The zero-order chi connectivity index (χ0) is 12.6. The molecule has 16 heavy (non-hydrogen) atoms. The van der Waals surface area contributed by atoms with E-state index in [1.54, 1.807) is 0 Å². The third-order valence-electron chi connectivity index (χ3n) is 2.06. The fourth-order valence-corrected chi connectivity index (χ4v) is 2.40. The van der Waals surface area contributed by atoms with Crippen LogP contribution in [0, 0.1) is 0 Å². The molecule has 0 radical (unpaired) electrons. The van der Waals surface area contributed by atoms with Gasteiger partial charge in [-0.1, -0.05) is 25.8 Å². The maximum Gasteiger partial charge on any atom is 0.321 e. The second kappa shape index (κ2) is 7.40. The third kappa shape index (κ3) is 6.58. The van der Waals surface area contributed by atoms with Crippen molar-refractivity contribution in [3.8, 4) is 0 Å². The van der Waals surface area contributed by atoms with Crippen LogP contribution in [0.3, 0.4) is 0 Å². The second-order valence-corrected chi connectivity index (χ2v) is 5.42. The molecule has 0 rings (SSSR count). The Morgan fingerprint density at radius 1 is 1.56 bits per heavy atom. The highest BCUT2D eigenvalue weighted by atomic mass is 32.2. The summed E-state index contributed by atoms with van der Waals surface area (Å²) in [5.74, 6) is -1.25. The van der Waals surface area contributed by atoms with Gasteiger partial charge < -0.3 is 5.11 Å².